The summed E-state index contributed by atoms with van der Waals surface area (Å²) in [5.41, 5.74) is 13.6. The van der Waals surface area contributed by atoms with E-state index in [1.165, 1.54) is 19.3 Å². The van der Waals surface area contributed by atoms with Crippen molar-refractivity contribution in [2.24, 2.45) is 5.73 Å². The van der Waals surface area contributed by atoms with Crippen LogP contribution in [0.1, 0.15) is 43.0 Å². The van der Waals surface area contributed by atoms with Gasteiger partial charge < -0.3 is 16.4 Å². The topological polar surface area (TPSA) is 72.3 Å². The van der Waals surface area contributed by atoms with E-state index in [4.69, 9.17) is 11.5 Å². The Hall–Kier alpha value is -1.71. The van der Waals surface area contributed by atoms with E-state index in [2.05, 4.69) is 11.8 Å². The lowest BCUT2D eigenvalue weighted by Gasteiger charge is -2.38. The highest BCUT2D eigenvalue weighted by atomic mass is 16.1. The van der Waals surface area contributed by atoms with Gasteiger partial charge in [-0.3, -0.25) is 4.79 Å². The lowest BCUT2D eigenvalue weighted by atomic mass is 9.98. The van der Waals surface area contributed by atoms with E-state index in [1.807, 2.05) is 6.07 Å². The molecule has 1 fully saturated rings. The Labute approximate surface area is 108 Å². The van der Waals surface area contributed by atoms with Crippen molar-refractivity contribution in [2.75, 3.05) is 17.2 Å². The number of carbonyl (C=O) groups excluding carboxylic acids is 1. The second kappa shape index (κ2) is 5.29. The Morgan fingerprint density at radius 1 is 1.44 bits per heavy atom. The molecule has 4 nitrogen and oxygen atoms in total. The normalized spacial score (nSPS) is 19.8. The van der Waals surface area contributed by atoms with Crippen LogP contribution in [-0.4, -0.2) is 18.5 Å². The summed E-state index contributed by atoms with van der Waals surface area (Å²) in [6.07, 6.45) is 4.73. The molecule has 1 amide bonds. The van der Waals surface area contributed by atoms with Gasteiger partial charge in [0.1, 0.15) is 0 Å². The molecule has 98 valence electrons. The number of hydrogen-bond donors (Lipinski definition) is 2. The number of carbonyl (C=O) groups is 1. The number of nitrogens with zero attached hydrogens (tertiary/aromatic N) is 1. The highest BCUT2D eigenvalue weighted by Gasteiger charge is 2.23. The van der Waals surface area contributed by atoms with Crippen molar-refractivity contribution in [3.63, 3.8) is 0 Å². The number of rotatable bonds is 3. The van der Waals surface area contributed by atoms with E-state index < -0.39 is 5.91 Å². The second-order valence-corrected chi connectivity index (χ2v) is 4.89. The van der Waals surface area contributed by atoms with Crippen molar-refractivity contribution < 1.29 is 4.79 Å². The standard InChI is InChI=1S/C14H21N3O/c1-2-11-5-3-4-8-17(11)13-9-10(14(16)18)6-7-12(13)15/h6-7,9,11H,2-5,8,15H2,1H3,(H2,16,18). The van der Waals surface area contributed by atoms with E-state index in [0.29, 0.717) is 11.6 Å². The number of nitrogens with two attached hydrogens (primary N) is 2. The van der Waals surface area contributed by atoms with Crippen LogP contribution in [0.15, 0.2) is 18.2 Å². The smallest absolute Gasteiger partial charge is 0.248 e. The quantitative estimate of drug-likeness (QED) is 0.804. The number of amides is 1. The zero-order valence-electron chi connectivity index (χ0n) is 10.9. The third kappa shape index (κ3) is 2.42. The molecule has 1 atom stereocenters. The lowest BCUT2D eigenvalue weighted by Crippen LogP contribution is -2.39. The largest absolute Gasteiger partial charge is 0.397 e. The van der Waals surface area contributed by atoms with Crippen molar-refractivity contribution in [2.45, 2.75) is 38.6 Å². The van der Waals surface area contributed by atoms with E-state index in [-0.39, 0.29) is 0 Å². The van der Waals surface area contributed by atoms with Gasteiger partial charge in [-0.25, -0.2) is 0 Å². The molecule has 0 bridgehead atoms. The molecule has 1 unspecified atom stereocenters. The minimum absolute atomic E-state index is 0.402. The van der Waals surface area contributed by atoms with Crippen LogP contribution in [0.4, 0.5) is 11.4 Å². The van der Waals surface area contributed by atoms with E-state index in [0.717, 1.165) is 24.3 Å². The average molecular weight is 247 g/mol. The van der Waals surface area contributed by atoms with Crippen LogP contribution in [0.25, 0.3) is 0 Å². The monoisotopic (exact) mass is 247 g/mol. The van der Waals surface area contributed by atoms with Gasteiger partial charge in [-0.1, -0.05) is 6.92 Å². The maximum Gasteiger partial charge on any atom is 0.248 e. The Balaban J connectivity index is 2.35. The molecule has 4 heteroatoms. The molecule has 0 aromatic heterocycles. The first-order valence-electron chi connectivity index (χ1n) is 6.59. The van der Waals surface area contributed by atoms with Crippen LogP contribution in [0.2, 0.25) is 0 Å². The van der Waals surface area contributed by atoms with Crippen molar-refractivity contribution in [3.8, 4) is 0 Å². The molecular formula is C14H21N3O. The van der Waals surface area contributed by atoms with E-state index in [9.17, 15) is 4.79 Å². The summed E-state index contributed by atoms with van der Waals surface area (Å²) < 4.78 is 0. The lowest BCUT2D eigenvalue weighted by molar-refractivity contribution is 0.100. The van der Waals surface area contributed by atoms with Gasteiger partial charge in [0.2, 0.25) is 5.91 Å². The first-order valence-corrected chi connectivity index (χ1v) is 6.59. The van der Waals surface area contributed by atoms with Crippen molar-refractivity contribution in [3.05, 3.63) is 23.8 Å². The van der Waals surface area contributed by atoms with Crippen molar-refractivity contribution >= 4 is 17.3 Å². The highest BCUT2D eigenvalue weighted by molar-refractivity contribution is 5.95. The van der Waals surface area contributed by atoms with Crippen molar-refractivity contribution in [1.82, 2.24) is 0 Å². The predicted octanol–water partition coefficient (Wildman–Crippen LogP) is 2.14. The summed E-state index contributed by atoms with van der Waals surface area (Å²) in [4.78, 5) is 13.6. The Bertz CT molecular complexity index is 445. The maximum atomic E-state index is 11.3. The number of primary amides is 1. The molecule has 18 heavy (non-hydrogen) atoms. The summed E-state index contributed by atoms with van der Waals surface area (Å²) in [6.45, 7) is 3.20. The second-order valence-electron chi connectivity index (χ2n) is 4.89. The van der Waals surface area contributed by atoms with Crippen molar-refractivity contribution in [1.29, 1.82) is 0 Å². The first kappa shape index (κ1) is 12.7. The molecule has 1 aliphatic rings. The fourth-order valence-corrected chi connectivity index (χ4v) is 2.69. The third-order valence-electron chi connectivity index (χ3n) is 3.72. The van der Waals surface area contributed by atoms with Gasteiger partial charge in [0.15, 0.2) is 0 Å². The Morgan fingerprint density at radius 3 is 2.89 bits per heavy atom. The molecule has 2 rings (SSSR count). The van der Waals surface area contributed by atoms with Gasteiger partial charge in [-0.15, -0.1) is 0 Å². The molecule has 1 aliphatic heterocycles. The molecule has 1 aromatic carbocycles. The average Bonchev–Trinajstić information content (AvgIpc) is 2.39. The Kier molecular flexibility index (Phi) is 3.75. The fourth-order valence-electron chi connectivity index (χ4n) is 2.69. The molecule has 0 aliphatic carbocycles. The zero-order chi connectivity index (χ0) is 13.1. The van der Waals surface area contributed by atoms with Crippen LogP contribution >= 0.6 is 0 Å². The summed E-state index contributed by atoms with van der Waals surface area (Å²) >= 11 is 0. The Morgan fingerprint density at radius 2 is 2.22 bits per heavy atom. The van der Waals surface area contributed by atoms with Gasteiger partial charge in [0, 0.05) is 18.2 Å². The number of piperidine rings is 1. The molecule has 0 radical (unpaired) electrons. The van der Waals surface area contributed by atoms with Gasteiger partial charge in [-0.05, 0) is 43.9 Å². The first-order chi connectivity index (χ1) is 8.63. The molecule has 0 saturated carbocycles. The van der Waals surface area contributed by atoms with Crippen LogP contribution in [0.5, 0.6) is 0 Å². The molecular weight excluding hydrogens is 226 g/mol. The minimum Gasteiger partial charge on any atom is -0.397 e. The summed E-state index contributed by atoms with van der Waals surface area (Å²) in [5.74, 6) is -0.402. The fraction of sp³-hybridized carbons (Fsp3) is 0.500. The SMILES string of the molecule is CCC1CCCCN1c1cc(C(N)=O)ccc1N. The van der Waals surface area contributed by atoms with Crippen LogP contribution < -0.4 is 16.4 Å². The van der Waals surface area contributed by atoms with Gasteiger partial charge in [0.05, 0.1) is 11.4 Å². The number of benzene rings is 1. The van der Waals surface area contributed by atoms with Gasteiger partial charge >= 0.3 is 0 Å². The molecule has 1 saturated heterocycles. The molecule has 1 heterocycles. The van der Waals surface area contributed by atoms with Crippen LogP contribution in [0.3, 0.4) is 0 Å². The summed E-state index contributed by atoms with van der Waals surface area (Å²) in [7, 11) is 0. The zero-order valence-corrected chi connectivity index (χ0v) is 10.9. The minimum atomic E-state index is -0.402. The van der Waals surface area contributed by atoms with Gasteiger partial charge in [0.25, 0.3) is 0 Å². The van der Waals surface area contributed by atoms with E-state index in [1.54, 1.807) is 12.1 Å². The number of hydrogen-bond acceptors (Lipinski definition) is 3. The maximum absolute atomic E-state index is 11.3. The van der Waals surface area contributed by atoms with E-state index >= 15 is 0 Å². The molecule has 4 N–H and O–H groups in total. The summed E-state index contributed by atoms with van der Waals surface area (Å²) in [6, 6.07) is 5.80. The highest BCUT2D eigenvalue weighted by Crippen LogP contribution is 2.31. The molecule has 0 spiro atoms. The van der Waals surface area contributed by atoms with Gasteiger partial charge in [-0.2, -0.15) is 0 Å². The van der Waals surface area contributed by atoms with Crippen LogP contribution in [-0.2, 0) is 0 Å². The predicted molar refractivity (Wildman–Crippen MR) is 74.6 cm³/mol. The third-order valence-corrected chi connectivity index (χ3v) is 3.72. The molecule has 1 aromatic rings. The van der Waals surface area contributed by atoms with Crippen LogP contribution in [0, 0.1) is 0 Å². The number of nitrogen functional groups attached to an aromatic ring is 1. The number of anilines is 2. The summed E-state index contributed by atoms with van der Waals surface area (Å²) in [5, 5.41) is 0.